The largest absolute Gasteiger partial charge is 0.308 e. The molecule has 17 heavy (non-hydrogen) atoms. The summed E-state index contributed by atoms with van der Waals surface area (Å²) >= 11 is 1.51. The van der Waals surface area contributed by atoms with Crippen molar-refractivity contribution >= 4 is 33.8 Å². The van der Waals surface area contributed by atoms with Crippen molar-refractivity contribution in [1.29, 1.82) is 0 Å². The van der Waals surface area contributed by atoms with E-state index >= 15 is 0 Å². The summed E-state index contributed by atoms with van der Waals surface area (Å²) < 4.78 is 26.4. The molecule has 0 bridgehead atoms. The molecule has 0 fully saturated rings. The lowest BCUT2D eigenvalue weighted by molar-refractivity contribution is 0.412. The maximum Gasteiger partial charge on any atom is 0.241 e. The molecule has 4 nitrogen and oxygen atoms in total. The first kappa shape index (κ1) is 16.9. The Balaban J connectivity index is 0.00000256. The molecule has 0 aliphatic rings. The number of aryl methyl sites for hydroxylation is 2. The highest BCUT2D eigenvalue weighted by atomic mass is 35.5. The fourth-order valence-electron chi connectivity index (χ4n) is 1.36. The van der Waals surface area contributed by atoms with Gasteiger partial charge in [-0.15, -0.1) is 23.7 Å². The number of hydrogen-bond acceptors (Lipinski definition) is 4. The molecule has 0 unspecified atom stereocenters. The standard InChI is InChI=1S/C10H18N2O2S2.ClH/c1-8-7-10(9(2)15-8)16(13,14)11-5-6-12(3)4;/h7,11H,5-6H2,1-4H3;1H. The first-order valence-corrected chi connectivity index (χ1v) is 7.34. The van der Waals surface area contributed by atoms with Crippen molar-refractivity contribution in [1.82, 2.24) is 9.62 Å². The third-order valence-electron chi connectivity index (χ3n) is 2.14. The lowest BCUT2D eigenvalue weighted by Crippen LogP contribution is -2.31. The molecule has 0 aliphatic heterocycles. The molecule has 100 valence electrons. The summed E-state index contributed by atoms with van der Waals surface area (Å²) in [5.74, 6) is 0. The molecule has 7 heteroatoms. The van der Waals surface area contributed by atoms with Crippen molar-refractivity contribution in [3.05, 3.63) is 15.8 Å². The Morgan fingerprint density at radius 1 is 1.35 bits per heavy atom. The third kappa shape index (κ3) is 4.93. The molecule has 0 atom stereocenters. The molecule has 1 N–H and O–H groups in total. The van der Waals surface area contributed by atoms with Gasteiger partial charge in [-0.05, 0) is 34.0 Å². The van der Waals surface area contributed by atoms with Crippen LogP contribution in [0.1, 0.15) is 9.75 Å². The van der Waals surface area contributed by atoms with Crippen LogP contribution < -0.4 is 4.72 Å². The summed E-state index contributed by atoms with van der Waals surface area (Å²) in [5.41, 5.74) is 0. The molecular formula is C10H19ClN2O2S2. The highest BCUT2D eigenvalue weighted by Gasteiger charge is 2.18. The summed E-state index contributed by atoms with van der Waals surface area (Å²) in [4.78, 5) is 4.21. The smallest absolute Gasteiger partial charge is 0.241 e. The Kier molecular flexibility index (Phi) is 6.65. The zero-order valence-electron chi connectivity index (χ0n) is 10.5. The van der Waals surface area contributed by atoms with E-state index in [1.807, 2.05) is 32.8 Å². The molecule has 0 saturated heterocycles. The minimum atomic E-state index is -3.33. The van der Waals surface area contributed by atoms with Gasteiger partial charge in [0.1, 0.15) is 0 Å². The second-order valence-corrected chi connectivity index (χ2v) is 7.17. The molecule has 1 rings (SSSR count). The average molecular weight is 299 g/mol. The van der Waals surface area contributed by atoms with E-state index < -0.39 is 10.0 Å². The lowest BCUT2D eigenvalue weighted by Gasteiger charge is -2.10. The van der Waals surface area contributed by atoms with Crippen LogP contribution in [0.3, 0.4) is 0 Å². The Bertz CT molecular complexity index is 455. The van der Waals surface area contributed by atoms with Crippen LogP contribution in [0.25, 0.3) is 0 Å². The number of hydrogen-bond donors (Lipinski definition) is 1. The van der Waals surface area contributed by atoms with Gasteiger partial charge in [-0.25, -0.2) is 13.1 Å². The molecular weight excluding hydrogens is 280 g/mol. The Hall–Kier alpha value is -0.140. The van der Waals surface area contributed by atoms with Crippen LogP contribution in [0.2, 0.25) is 0 Å². The van der Waals surface area contributed by atoms with Crippen LogP contribution in [0, 0.1) is 13.8 Å². The number of nitrogens with one attached hydrogen (secondary N) is 1. The summed E-state index contributed by atoms with van der Waals surface area (Å²) in [5, 5.41) is 0. The van der Waals surface area contributed by atoms with Crippen LogP contribution in [0.5, 0.6) is 0 Å². The summed E-state index contributed by atoms with van der Waals surface area (Å²) in [6.07, 6.45) is 0. The van der Waals surface area contributed by atoms with Crippen molar-refractivity contribution < 1.29 is 8.42 Å². The highest BCUT2D eigenvalue weighted by molar-refractivity contribution is 7.89. The van der Waals surface area contributed by atoms with Gasteiger partial charge in [0.15, 0.2) is 0 Å². The normalized spacial score (nSPS) is 11.6. The number of sulfonamides is 1. The van der Waals surface area contributed by atoms with Crippen molar-refractivity contribution in [2.24, 2.45) is 0 Å². The Morgan fingerprint density at radius 2 is 1.94 bits per heavy atom. The van der Waals surface area contributed by atoms with E-state index in [1.54, 1.807) is 6.07 Å². The third-order valence-corrected chi connectivity index (χ3v) is 4.82. The van der Waals surface area contributed by atoms with Gasteiger partial charge in [0.05, 0.1) is 4.90 Å². The Morgan fingerprint density at radius 3 is 2.35 bits per heavy atom. The molecule has 1 aromatic rings. The summed E-state index contributed by atoms with van der Waals surface area (Å²) in [6.45, 7) is 4.87. The van der Waals surface area contributed by atoms with Crippen LogP contribution in [0.4, 0.5) is 0 Å². The zero-order chi connectivity index (χ0) is 12.3. The molecule has 0 saturated carbocycles. The quantitative estimate of drug-likeness (QED) is 0.899. The predicted molar refractivity (Wildman–Crippen MR) is 74.8 cm³/mol. The second kappa shape index (κ2) is 6.70. The van der Waals surface area contributed by atoms with Crippen LogP contribution in [-0.2, 0) is 10.0 Å². The number of likely N-dealkylation sites (N-methyl/N-ethyl adjacent to an activating group) is 1. The summed E-state index contributed by atoms with van der Waals surface area (Å²) in [7, 11) is 0.490. The van der Waals surface area contributed by atoms with Gasteiger partial charge in [0, 0.05) is 22.8 Å². The van der Waals surface area contributed by atoms with Gasteiger partial charge in [-0.3, -0.25) is 0 Å². The van der Waals surface area contributed by atoms with Crippen LogP contribution in [0.15, 0.2) is 11.0 Å². The van der Waals surface area contributed by atoms with Gasteiger partial charge in [0.2, 0.25) is 10.0 Å². The van der Waals surface area contributed by atoms with Crippen LogP contribution in [-0.4, -0.2) is 40.5 Å². The van der Waals surface area contributed by atoms with Gasteiger partial charge in [-0.1, -0.05) is 0 Å². The summed E-state index contributed by atoms with van der Waals surface area (Å²) in [6, 6.07) is 1.72. The van der Waals surface area contributed by atoms with E-state index in [0.29, 0.717) is 18.0 Å². The maximum atomic E-state index is 11.9. The number of rotatable bonds is 5. The number of nitrogens with zero attached hydrogens (tertiary/aromatic N) is 1. The van der Waals surface area contributed by atoms with E-state index in [2.05, 4.69) is 4.72 Å². The molecule has 1 aromatic heterocycles. The average Bonchev–Trinajstić information content (AvgIpc) is 2.44. The predicted octanol–water partition coefficient (Wildman–Crippen LogP) is 1.63. The molecule has 0 radical (unpaired) electrons. The molecule has 0 amide bonds. The van der Waals surface area contributed by atoms with E-state index in [0.717, 1.165) is 9.75 Å². The topological polar surface area (TPSA) is 49.4 Å². The maximum absolute atomic E-state index is 11.9. The van der Waals surface area contributed by atoms with Gasteiger partial charge < -0.3 is 4.90 Å². The zero-order valence-corrected chi connectivity index (χ0v) is 12.9. The molecule has 1 heterocycles. The minimum absolute atomic E-state index is 0. The van der Waals surface area contributed by atoms with Crippen molar-refractivity contribution in [2.45, 2.75) is 18.7 Å². The van der Waals surface area contributed by atoms with Crippen molar-refractivity contribution in [3.8, 4) is 0 Å². The van der Waals surface area contributed by atoms with Gasteiger partial charge >= 0.3 is 0 Å². The second-order valence-electron chi connectivity index (χ2n) is 3.98. The number of thiophene rings is 1. The molecule has 0 spiro atoms. The molecule has 0 aromatic carbocycles. The van der Waals surface area contributed by atoms with E-state index in [-0.39, 0.29) is 12.4 Å². The van der Waals surface area contributed by atoms with Crippen molar-refractivity contribution in [2.75, 3.05) is 27.2 Å². The monoisotopic (exact) mass is 298 g/mol. The Labute approximate surface area is 113 Å². The molecule has 0 aliphatic carbocycles. The van der Waals surface area contributed by atoms with E-state index in [1.165, 1.54) is 11.3 Å². The SMILES string of the molecule is Cc1cc(S(=O)(=O)NCCN(C)C)c(C)s1.Cl. The van der Waals surface area contributed by atoms with E-state index in [9.17, 15) is 8.42 Å². The highest BCUT2D eigenvalue weighted by Crippen LogP contribution is 2.24. The minimum Gasteiger partial charge on any atom is -0.308 e. The fourth-order valence-corrected chi connectivity index (χ4v) is 3.93. The van der Waals surface area contributed by atoms with Gasteiger partial charge in [-0.2, -0.15) is 0 Å². The van der Waals surface area contributed by atoms with Crippen LogP contribution >= 0.6 is 23.7 Å². The first-order chi connectivity index (χ1) is 7.33. The fraction of sp³-hybridized carbons (Fsp3) is 0.600. The number of halogens is 1. The lowest BCUT2D eigenvalue weighted by atomic mass is 10.4. The van der Waals surface area contributed by atoms with Crippen molar-refractivity contribution in [3.63, 3.8) is 0 Å². The first-order valence-electron chi connectivity index (χ1n) is 5.04. The van der Waals surface area contributed by atoms with E-state index in [4.69, 9.17) is 0 Å². The van der Waals surface area contributed by atoms with Gasteiger partial charge in [0.25, 0.3) is 0 Å².